The zero-order valence-corrected chi connectivity index (χ0v) is 12.3. The fraction of sp³-hybridized carbons (Fsp3) is 0.214. The van der Waals surface area contributed by atoms with Crippen LogP contribution in [0.1, 0.15) is 10.4 Å². The van der Waals surface area contributed by atoms with Crippen molar-refractivity contribution in [3.63, 3.8) is 0 Å². The zero-order valence-electron chi connectivity index (χ0n) is 10.7. The number of aliphatic imine (C=N–C) groups is 1. The van der Waals surface area contributed by atoms with Crippen LogP contribution in [0.5, 0.6) is 0 Å². The third-order valence-electron chi connectivity index (χ3n) is 2.59. The maximum Gasteiger partial charge on any atom is 0.193 e. The maximum atomic E-state index is 5.87. The van der Waals surface area contributed by atoms with Crippen molar-refractivity contribution < 1.29 is 0 Å². The molecule has 1 heterocycles. The summed E-state index contributed by atoms with van der Waals surface area (Å²) in [6, 6.07) is 11.9. The van der Waals surface area contributed by atoms with Gasteiger partial charge >= 0.3 is 0 Å². The van der Waals surface area contributed by atoms with Gasteiger partial charge in [-0.2, -0.15) is 0 Å². The molecule has 0 aliphatic carbocycles. The van der Waals surface area contributed by atoms with Crippen LogP contribution in [0.3, 0.4) is 0 Å². The minimum atomic E-state index is 0.437. The standard InChI is InChI=1S/C14H16ClN3S/c1-10-2-4-11(5-3-10)18-14(16)17-9-8-12-6-7-13(15)19-12/h2-7H,8-9H2,1H3,(H3,16,17,18). The number of hydrogen-bond donors (Lipinski definition) is 2. The van der Waals surface area contributed by atoms with E-state index in [9.17, 15) is 0 Å². The van der Waals surface area contributed by atoms with E-state index in [0.29, 0.717) is 12.5 Å². The molecule has 0 fully saturated rings. The molecule has 2 aromatic rings. The highest BCUT2D eigenvalue weighted by Crippen LogP contribution is 2.21. The number of guanidine groups is 1. The van der Waals surface area contributed by atoms with Gasteiger partial charge in [-0.25, -0.2) is 0 Å². The number of halogens is 1. The number of nitrogens with one attached hydrogen (secondary N) is 1. The lowest BCUT2D eigenvalue weighted by atomic mass is 10.2. The molecule has 0 aliphatic rings. The molecular weight excluding hydrogens is 278 g/mol. The van der Waals surface area contributed by atoms with Crippen molar-refractivity contribution in [2.75, 3.05) is 11.9 Å². The Kier molecular flexibility index (Phi) is 4.82. The van der Waals surface area contributed by atoms with E-state index in [0.717, 1.165) is 16.4 Å². The number of rotatable bonds is 4. The Balaban J connectivity index is 1.84. The number of thiophene rings is 1. The largest absolute Gasteiger partial charge is 0.370 e. The Bertz CT molecular complexity index is 560. The van der Waals surface area contributed by atoms with Crippen LogP contribution in [0.15, 0.2) is 41.4 Å². The Morgan fingerprint density at radius 3 is 2.63 bits per heavy atom. The van der Waals surface area contributed by atoms with E-state index < -0.39 is 0 Å². The van der Waals surface area contributed by atoms with Gasteiger partial charge in [-0.05, 0) is 31.2 Å². The highest BCUT2D eigenvalue weighted by atomic mass is 35.5. The van der Waals surface area contributed by atoms with Crippen molar-refractivity contribution in [2.24, 2.45) is 10.7 Å². The summed E-state index contributed by atoms with van der Waals surface area (Å²) in [6.07, 6.45) is 0.855. The van der Waals surface area contributed by atoms with Gasteiger partial charge in [0.15, 0.2) is 5.96 Å². The Labute approximate surface area is 122 Å². The first-order chi connectivity index (χ1) is 9.13. The Morgan fingerprint density at radius 2 is 2.00 bits per heavy atom. The molecule has 100 valence electrons. The van der Waals surface area contributed by atoms with Gasteiger partial charge in [0.1, 0.15) is 0 Å². The van der Waals surface area contributed by atoms with Crippen molar-refractivity contribution in [2.45, 2.75) is 13.3 Å². The van der Waals surface area contributed by atoms with Crippen LogP contribution in [0.25, 0.3) is 0 Å². The summed E-state index contributed by atoms with van der Waals surface area (Å²) in [5.74, 6) is 0.437. The van der Waals surface area contributed by atoms with E-state index >= 15 is 0 Å². The highest BCUT2D eigenvalue weighted by Gasteiger charge is 1.98. The molecule has 0 saturated carbocycles. The Morgan fingerprint density at radius 1 is 1.26 bits per heavy atom. The molecule has 3 N–H and O–H groups in total. The monoisotopic (exact) mass is 293 g/mol. The van der Waals surface area contributed by atoms with E-state index in [1.54, 1.807) is 11.3 Å². The summed E-state index contributed by atoms with van der Waals surface area (Å²) < 4.78 is 0.810. The molecule has 0 amide bonds. The van der Waals surface area contributed by atoms with Gasteiger partial charge < -0.3 is 11.1 Å². The van der Waals surface area contributed by atoms with Gasteiger partial charge in [0, 0.05) is 23.5 Å². The van der Waals surface area contributed by atoms with Crippen molar-refractivity contribution in [1.29, 1.82) is 0 Å². The smallest absolute Gasteiger partial charge is 0.193 e. The number of hydrogen-bond acceptors (Lipinski definition) is 2. The summed E-state index contributed by atoms with van der Waals surface area (Å²) in [7, 11) is 0. The van der Waals surface area contributed by atoms with Crippen LogP contribution in [0, 0.1) is 6.92 Å². The van der Waals surface area contributed by atoms with Crippen molar-refractivity contribution in [3.05, 3.63) is 51.2 Å². The number of aryl methyl sites for hydroxylation is 1. The average Bonchev–Trinajstić information content (AvgIpc) is 2.78. The SMILES string of the molecule is Cc1ccc(NC(N)=NCCc2ccc(Cl)s2)cc1. The number of nitrogens with zero attached hydrogens (tertiary/aromatic N) is 1. The zero-order chi connectivity index (χ0) is 13.7. The topological polar surface area (TPSA) is 50.4 Å². The van der Waals surface area contributed by atoms with Crippen LogP contribution >= 0.6 is 22.9 Å². The van der Waals surface area contributed by atoms with Crippen molar-refractivity contribution in [1.82, 2.24) is 0 Å². The lowest BCUT2D eigenvalue weighted by molar-refractivity contribution is 0.983. The molecule has 0 bridgehead atoms. The number of nitrogens with two attached hydrogens (primary N) is 1. The summed E-state index contributed by atoms with van der Waals surface area (Å²) in [4.78, 5) is 5.51. The van der Waals surface area contributed by atoms with Gasteiger partial charge in [-0.1, -0.05) is 29.3 Å². The molecule has 0 radical (unpaired) electrons. The second kappa shape index (κ2) is 6.59. The second-order valence-electron chi connectivity index (χ2n) is 4.21. The number of anilines is 1. The van der Waals surface area contributed by atoms with E-state index in [-0.39, 0.29) is 0 Å². The molecule has 0 aliphatic heterocycles. The lowest BCUT2D eigenvalue weighted by Crippen LogP contribution is -2.23. The Hall–Kier alpha value is -1.52. The van der Waals surface area contributed by atoms with Crippen LogP contribution in [-0.2, 0) is 6.42 Å². The van der Waals surface area contributed by atoms with Gasteiger partial charge in [0.05, 0.1) is 4.34 Å². The third kappa shape index (κ3) is 4.58. The van der Waals surface area contributed by atoms with Gasteiger partial charge in [0.25, 0.3) is 0 Å². The number of benzene rings is 1. The minimum Gasteiger partial charge on any atom is -0.370 e. The first-order valence-corrected chi connectivity index (χ1v) is 7.21. The summed E-state index contributed by atoms with van der Waals surface area (Å²) in [5, 5.41) is 3.07. The van der Waals surface area contributed by atoms with Crippen LogP contribution in [0.2, 0.25) is 4.34 Å². The van der Waals surface area contributed by atoms with Gasteiger partial charge in [-0.3, -0.25) is 4.99 Å². The van der Waals surface area contributed by atoms with E-state index in [1.807, 2.05) is 43.3 Å². The second-order valence-corrected chi connectivity index (χ2v) is 6.01. The van der Waals surface area contributed by atoms with Crippen LogP contribution in [-0.4, -0.2) is 12.5 Å². The molecule has 3 nitrogen and oxygen atoms in total. The highest BCUT2D eigenvalue weighted by molar-refractivity contribution is 7.16. The normalized spacial score (nSPS) is 11.6. The maximum absolute atomic E-state index is 5.87. The quantitative estimate of drug-likeness (QED) is 0.667. The van der Waals surface area contributed by atoms with Crippen LogP contribution < -0.4 is 11.1 Å². The van der Waals surface area contributed by atoms with Gasteiger partial charge in [-0.15, -0.1) is 11.3 Å². The van der Waals surface area contributed by atoms with Gasteiger partial charge in [0.2, 0.25) is 0 Å². The molecule has 19 heavy (non-hydrogen) atoms. The first-order valence-electron chi connectivity index (χ1n) is 6.01. The molecule has 1 aromatic carbocycles. The molecular formula is C14H16ClN3S. The summed E-state index contributed by atoms with van der Waals surface area (Å²) in [5.41, 5.74) is 8.00. The molecule has 1 aromatic heterocycles. The fourth-order valence-electron chi connectivity index (χ4n) is 1.60. The van der Waals surface area contributed by atoms with E-state index in [4.69, 9.17) is 17.3 Å². The molecule has 0 saturated heterocycles. The lowest BCUT2D eigenvalue weighted by Gasteiger charge is -2.05. The first kappa shape index (κ1) is 13.9. The fourth-order valence-corrected chi connectivity index (χ4v) is 2.67. The summed E-state index contributed by atoms with van der Waals surface area (Å²) >= 11 is 7.45. The van der Waals surface area contributed by atoms with Crippen LogP contribution in [0.4, 0.5) is 5.69 Å². The predicted molar refractivity (Wildman–Crippen MR) is 84.3 cm³/mol. The van der Waals surface area contributed by atoms with E-state index in [1.165, 1.54) is 10.4 Å². The average molecular weight is 294 g/mol. The van der Waals surface area contributed by atoms with E-state index in [2.05, 4.69) is 10.3 Å². The minimum absolute atomic E-state index is 0.437. The third-order valence-corrected chi connectivity index (χ3v) is 3.88. The molecule has 5 heteroatoms. The molecule has 0 atom stereocenters. The van der Waals surface area contributed by atoms with Crippen molar-refractivity contribution in [3.8, 4) is 0 Å². The van der Waals surface area contributed by atoms with Crippen molar-refractivity contribution >= 4 is 34.6 Å². The summed E-state index contributed by atoms with van der Waals surface area (Å²) in [6.45, 7) is 2.70. The predicted octanol–water partition coefficient (Wildman–Crippen LogP) is 3.68. The molecule has 2 rings (SSSR count). The molecule has 0 unspecified atom stereocenters. The molecule has 0 spiro atoms.